The van der Waals surface area contributed by atoms with Gasteiger partial charge in [-0.25, -0.2) is 4.39 Å². The van der Waals surface area contributed by atoms with Crippen molar-refractivity contribution in [3.63, 3.8) is 0 Å². The maximum absolute atomic E-state index is 13.1. The average Bonchev–Trinajstić information content (AvgIpc) is 2.80. The minimum absolute atomic E-state index is 0.0311. The Morgan fingerprint density at radius 3 is 2.70 bits per heavy atom. The summed E-state index contributed by atoms with van der Waals surface area (Å²) >= 11 is 0. The number of halogens is 1. The third-order valence-electron chi connectivity index (χ3n) is 5.08. The third-order valence-corrected chi connectivity index (χ3v) is 5.08. The van der Waals surface area contributed by atoms with Crippen LogP contribution in [0.1, 0.15) is 31.9 Å². The van der Waals surface area contributed by atoms with E-state index in [1.165, 1.54) is 12.1 Å². The predicted molar refractivity (Wildman–Crippen MR) is 73.3 cm³/mol. The number of aliphatic hydroxyl groups is 1. The van der Waals surface area contributed by atoms with Crippen LogP contribution < -0.4 is 0 Å². The zero-order valence-corrected chi connectivity index (χ0v) is 11.8. The lowest BCUT2D eigenvalue weighted by Crippen LogP contribution is -2.33. The van der Waals surface area contributed by atoms with Crippen LogP contribution in [0.4, 0.5) is 4.39 Å². The average molecular weight is 277 g/mol. The summed E-state index contributed by atoms with van der Waals surface area (Å²) in [6, 6.07) is 5.80. The molecule has 1 saturated carbocycles. The van der Waals surface area contributed by atoms with Gasteiger partial charge in [0.25, 0.3) is 0 Å². The molecule has 1 amide bonds. The van der Waals surface area contributed by atoms with E-state index in [2.05, 4.69) is 13.8 Å². The number of benzene rings is 1. The molecule has 1 heterocycles. The molecule has 0 aromatic heterocycles. The molecule has 1 aromatic carbocycles. The smallest absolute Gasteiger partial charge is 0.225 e. The molecule has 3 rings (SSSR count). The summed E-state index contributed by atoms with van der Waals surface area (Å²) in [5, 5.41) is 10.0. The Hall–Kier alpha value is -1.42. The van der Waals surface area contributed by atoms with Crippen molar-refractivity contribution in [3.8, 4) is 0 Å². The van der Waals surface area contributed by atoms with Crippen molar-refractivity contribution in [1.29, 1.82) is 0 Å². The zero-order valence-electron chi connectivity index (χ0n) is 11.8. The van der Waals surface area contributed by atoms with Gasteiger partial charge in [-0.1, -0.05) is 26.0 Å². The summed E-state index contributed by atoms with van der Waals surface area (Å²) < 4.78 is 13.1. The second-order valence-electron chi connectivity index (χ2n) is 6.61. The molecule has 3 nitrogen and oxygen atoms in total. The lowest BCUT2D eigenvalue weighted by molar-refractivity contribution is -0.133. The number of likely N-dealkylation sites (tertiary alicyclic amines) is 1. The molecule has 1 N–H and O–H groups in total. The van der Waals surface area contributed by atoms with Gasteiger partial charge in [0.1, 0.15) is 5.82 Å². The van der Waals surface area contributed by atoms with Gasteiger partial charge < -0.3 is 10.0 Å². The van der Waals surface area contributed by atoms with E-state index in [1.807, 2.05) is 4.90 Å². The maximum atomic E-state index is 13.1. The van der Waals surface area contributed by atoms with Crippen LogP contribution >= 0.6 is 0 Å². The summed E-state index contributed by atoms with van der Waals surface area (Å²) in [6.45, 7) is 6.08. The summed E-state index contributed by atoms with van der Waals surface area (Å²) in [6.07, 6.45) is -0.897. The van der Waals surface area contributed by atoms with Crippen LogP contribution in [0.2, 0.25) is 0 Å². The molecule has 3 atom stereocenters. The van der Waals surface area contributed by atoms with Crippen LogP contribution in [0.15, 0.2) is 24.3 Å². The summed E-state index contributed by atoms with van der Waals surface area (Å²) in [5.74, 6) is 0.790. The number of hydrogen-bond acceptors (Lipinski definition) is 2. The van der Waals surface area contributed by atoms with Crippen molar-refractivity contribution >= 4 is 5.91 Å². The lowest BCUT2D eigenvalue weighted by Gasteiger charge is -2.23. The van der Waals surface area contributed by atoms with E-state index in [4.69, 9.17) is 0 Å². The number of amides is 1. The Balaban J connectivity index is 1.58. The molecule has 0 radical (unpaired) electrons. The molecule has 20 heavy (non-hydrogen) atoms. The first kappa shape index (κ1) is 13.6. The third kappa shape index (κ3) is 2.22. The Morgan fingerprint density at radius 2 is 2.10 bits per heavy atom. The van der Waals surface area contributed by atoms with Gasteiger partial charge in [-0.15, -0.1) is 0 Å². The highest BCUT2D eigenvalue weighted by atomic mass is 19.1. The van der Waals surface area contributed by atoms with Gasteiger partial charge in [0.15, 0.2) is 0 Å². The van der Waals surface area contributed by atoms with Gasteiger partial charge in [-0.05, 0) is 34.9 Å². The Morgan fingerprint density at radius 1 is 1.45 bits per heavy atom. The van der Waals surface area contributed by atoms with Gasteiger partial charge in [0.2, 0.25) is 5.91 Å². The first-order chi connectivity index (χ1) is 9.39. The predicted octanol–water partition coefficient (Wildman–Crippen LogP) is 2.36. The fourth-order valence-corrected chi connectivity index (χ4v) is 3.46. The molecule has 4 heteroatoms. The summed E-state index contributed by atoms with van der Waals surface area (Å²) in [7, 11) is 0. The molecule has 3 unspecified atom stereocenters. The number of aliphatic hydroxyl groups excluding tert-OH is 1. The van der Waals surface area contributed by atoms with E-state index < -0.39 is 11.9 Å². The molecular weight excluding hydrogens is 257 g/mol. The second kappa shape index (κ2) is 4.55. The van der Waals surface area contributed by atoms with E-state index in [-0.39, 0.29) is 12.3 Å². The van der Waals surface area contributed by atoms with Crippen molar-refractivity contribution in [2.24, 2.45) is 17.3 Å². The SMILES string of the molecule is CC1(C)C2CN(C(=O)CC(O)c3cccc(F)c3)CC21. The van der Waals surface area contributed by atoms with E-state index in [0.29, 0.717) is 22.8 Å². The number of hydrogen-bond donors (Lipinski definition) is 1. The fourth-order valence-electron chi connectivity index (χ4n) is 3.46. The Bertz CT molecular complexity index is 529. The second-order valence-corrected chi connectivity index (χ2v) is 6.61. The first-order valence-electron chi connectivity index (χ1n) is 7.11. The van der Waals surface area contributed by atoms with Gasteiger partial charge in [-0.2, -0.15) is 0 Å². The first-order valence-corrected chi connectivity index (χ1v) is 7.11. The van der Waals surface area contributed by atoms with E-state index in [9.17, 15) is 14.3 Å². The standard InChI is InChI=1S/C16H20FNO2/c1-16(2)12-8-18(9-13(12)16)15(20)7-14(19)10-4-3-5-11(17)6-10/h3-6,12-14,19H,7-9H2,1-2H3. The number of piperidine rings is 1. The topological polar surface area (TPSA) is 40.5 Å². The molecule has 0 bridgehead atoms. The van der Waals surface area contributed by atoms with Crippen molar-refractivity contribution < 1.29 is 14.3 Å². The minimum Gasteiger partial charge on any atom is -0.388 e. The van der Waals surface area contributed by atoms with E-state index >= 15 is 0 Å². The van der Waals surface area contributed by atoms with E-state index in [0.717, 1.165) is 13.1 Å². The normalized spacial score (nSPS) is 28.1. The summed E-state index contributed by atoms with van der Waals surface area (Å²) in [4.78, 5) is 14.0. The van der Waals surface area contributed by atoms with Crippen molar-refractivity contribution in [1.82, 2.24) is 4.90 Å². The molecule has 2 fully saturated rings. The van der Waals surface area contributed by atoms with Crippen LogP contribution in [0.25, 0.3) is 0 Å². The quantitative estimate of drug-likeness (QED) is 0.921. The molecule has 0 spiro atoms. The lowest BCUT2D eigenvalue weighted by atomic mass is 10.0. The summed E-state index contributed by atoms with van der Waals surface area (Å²) in [5.41, 5.74) is 0.834. The zero-order chi connectivity index (χ0) is 14.5. The Kier molecular flexibility index (Phi) is 3.09. The van der Waals surface area contributed by atoms with Crippen LogP contribution in [0, 0.1) is 23.1 Å². The molecule has 108 valence electrons. The highest BCUT2D eigenvalue weighted by molar-refractivity contribution is 5.77. The fraction of sp³-hybridized carbons (Fsp3) is 0.562. The monoisotopic (exact) mass is 277 g/mol. The van der Waals surface area contributed by atoms with Crippen LogP contribution in [0.3, 0.4) is 0 Å². The van der Waals surface area contributed by atoms with Crippen molar-refractivity contribution in [2.45, 2.75) is 26.4 Å². The molecule has 1 aromatic rings. The molecular formula is C16H20FNO2. The number of fused-ring (bicyclic) bond motifs is 1. The van der Waals surface area contributed by atoms with Crippen LogP contribution in [-0.4, -0.2) is 29.0 Å². The minimum atomic E-state index is -0.928. The van der Waals surface area contributed by atoms with Gasteiger partial charge >= 0.3 is 0 Å². The van der Waals surface area contributed by atoms with E-state index in [1.54, 1.807) is 12.1 Å². The van der Waals surface area contributed by atoms with Gasteiger partial charge in [-0.3, -0.25) is 4.79 Å². The number of rotatable bonds is 3. The van der Waals surface area contributed by atoms with Crippen molar-refractivity contribution in [3.05, 3.63) is 35.6 Å². The highest BCUT2D eigenvalue weighted by Gasteiger charge is 2.62. The van der Waals surface area contributed by atoms with Crippen LogP contribution in [0.5, 0.6) is 0 Å². The van der Waals surface area contributed by atoms with Gasteiger partial charge in [0.05, 0.1) is 12.5 Å². The van der Waals surface area contributed by atoms with Crippen molar-refractivity contribution in [2.75, 3.05) is 13.1 Å². The number of carbonyl (C=O) groups excluding carboxylic acids is 1. The van der Waals surface area contributed by atoms with Crippen LogP contribution in [-0.2, 0) is 4.79 Å². The molecule has 1 aliphatic carbocycles. The highest BCUT2D eigenvalue weighted by Crippen LogP contribution is 2.62. The largest absolute Gasteiger partial charge is 0.388 e. The molecule has 1 aliphatic heterocycles. The number of carbonyl (C=O) groups is 1. The van der Waals surface area contributed by atoms with Gasteiger partial charge in [0, 0.05) is 13.1 Å². The molecule has 1 saturated heterocycles. The molecule has 2 aliphatic rings. The number of nitrogens with zero attached hydrogens (tertiary/aromatic N) is 1. The maximum Gasteiger partial charge on any atom is 0.225 e. The Labute approximate surface area is 118 Å².